The fraction of sp³-hybridized carbons (Fsp3) is 0.636. The third kappa shape index (κ3) is 2.74. The average Bonchev–Trinajstić information content (AvgIpc) is 2.79. The van der Waals surface area contributed by atoms with E-state index in [0.29, 0.717) is 25.4 Å². The van der Waals surface area contributed by atoms with Crippen molar-refractivity contribution in [2.45, 2.75) is 11.6 Å². The normalized spacial score (nSPS) is 19.2. The van der Waals surface area contributed by atoms with Gasteiger partial charge in [-0.25, -0.2) is 8.42 Å². The van der Waals surface area contributed by atoms with Crippen LogP contribution in [0.25, 0.3) is 0 Å². The molecule has 6 nitrogen and oxygen atoms in total. The van der Waals surface area contributed by atoms with E-state index in [1.54, 1.807) is 13.1 Å². The summed E-state index contributed by atoms with van der Waals surface area (Å²) in [4.78, 5) is 2.11. The Morgan fingerprint density at radius 3 is 2.56 bits per heavy atom. The Hall–Kier alpha value is -0.890. The summed E-state index contributed by atoms with van der Waals surface area (Å²) in [6, 6.07) is 3.22. The zero-order valence-corrected chi connectivity index (χ0v) is 11.5. The minimum atomic E-state index is -3.47. The number of piperazine rings is 1. The van der Waals surface area contributed by atoms with E-state index in [1.165, 1.54) is 10.4 Å². The predicted molar refractivity (Wildman–Crippen MR) is 67.7 cm³/mol. The Labute approximate surface area is 108 Å². The molecule has 1 saturated heterocycles. The van der Waals surface area contributed by atoms with E-state index in [-0.39, 0.29) is 5.09 Å². The molecule has 7 heteroatoms. The lowest BCUT2D eigenvalue weighted by Crippen LogP contribution is -2.46. The van der Waals surface area contributed by atoms with Gasteiger partial charge < -0.3 is 14.6 Å². The number of nitrogens with zero attached hydrogens (tertiary/aromatic N) is 2. The predicted octanol–water partition coefficient (Wildman–Crippen LogP) is -0.0649. The number of furan rings is 1. The first-order valence-corrected chi connectivity index (χ1v) is 7.40. The molecule has 0 radical (unpaired) electrons. The molecule has 1 aromatic rings. The standard InChI is InChI=1S/C11H19N3O3S/c1-12-9-10-3-4-11(17-10)18(15,16)14-7-5-13(2)6-8-14/h3-4,12H,5-9H2,1-2H3. The minimum Gasteiger partial charge on any atom is -0.447 e. The van der Waals surface area contributed by atoms with Crippen LogP contribution in [0.5, 0.6) is 0 Å². The molecule has 1 aromatic heterocycles. The van der Waals surface area contributed by atoms with E-state index in [2.05, 4.69) is 10.2 Å². The summed E-state index contributed by atoms with van der Waals surface area (Å²) in [5.74, 6) is 0.630. The number of rotatable bonds is 4. The molecule has 0 spiro atoms. The highest BCUT2D eigenvalue weighted by Crippen LogP contribution is 2.19. The van der Waals surface area contributed by atoms with Crippen molar-refractivity contribution >= 4 is 10.0 Å². The molecule has 0 aromatic carbocycles. The van der Waals surface area contributed by atoms with Crippen molar-refractivity contribution in [3.63, 3.8) is 0 Å². The van der Waals surface area contributed by atoms with Crippen LogP contribution < -0.4 is 5.32 Å². The van der Waals surface area contributed by atoms with E-state index in [1.807, 2.05) is 7.05 Å². The molecule has 0 bridgehead atoms. The molecule has 0 saturated carbocycles. The summed E-state index contributed by atoms with van der Waals surface area (Å²) in [5, 5.41) is 2.96. The van der Waals surface area contributed by atoms with Crippen LogP contribution in [0.4, 0.5) is 0 Å². The van der Waals surface area contributed by atoms with E-state index < -0.39 is 10.0 Å². The Balaban J connectivity index is 2.14. The van der Waals surface area contributed by atoms with E-state index >= 15 is 0 Å². The molecule has 0 aliphatic carbocycles. The molecule has 102 valence electrons. The molecule has 1 aliphatic rings. The van der Waals surface area contributed by atoms with E-state index in [4.69, 9.17) is 4.42 Å². The van der Waals surface area contributed by atoms with Crippen LogP contribution >= 0.6 is 0 Å². The van der Waals surface area contributed by atoms with Gasteiger partial charge in [0.05, 0.1) is 6.54 Å². The van der Waals surface area contributed by atoms with Crippen LogP contribution in [0.3, 0.4) is 0 Å². The lowest BCUT2D eigenvalue weighted by molar-refractivity contribution is 0.219. The number of sulfonamides is 1. The minimum absolute atomic E-state index is 0.0392. The Morgan fingerprint density at radius 2 is 1.94 bits per heavy atom. The van der Waals surface area contributed by atoms with Gasteiger partial charge in [-0.3, -0.25) is 0 Å². The fourth-order valence-corrected chi connectivity index (χ4v) is 3.27. The van der Waals surface area contributed by atoms with Crippen LogP contribution in [-0.2, 0) is 16.6 Å². The van der Waals surface area contributed by atoms with Crippen molar-refractivity contribution in [3.8, 4) is 0 Å². The van der Waals surface area contributed by atoms with E-state index in [9.17, 15) is 8.42 Å². The highest BCUT2D eigenvalue weighted by atomic mass is 32.2. The zero-order chi connectivity index (χ0) is 13.2. The monoisotopic (exact) mass is 273 g/mol. The lowest BCUT2D eigenvalue weighted by Gasteiger charge is -2.30. The number of hydrogen-bond acceptors (Lipinski definition) is 5. The van der Waals surface area contributed by atoms with Crippen LogP contribution in [0, 0.1) is 0 Å². The molecule has 2 rings (SSSR count). The first-order chi connectivity index (χ1) is 8.54. The summed E-state index contributed by atoms with van der Waals surface area (Å²) >= 11 is 0. The Kier molecular flexibility index (Phi) is 4.06. The van der Waals surface area contributed by atoms with Crippen LogP contribution in [-0.4, -0.2) is 57.9 Å². The van der Waals surface area contributed by atoms with Gasteiger partial charge in [0.25, 0.3) is 10.0 Å². The van der Waals surface area contributed by atoms with Gasteiger partial charge in [-0.1, -0.05) is 0 Å². The number of likely N-dealkylation sites (N-methyl/N-ethyl adjacent to an activating group) is 1. The summed E-state index contributed by atoms with van der Waals surface area (Å²) in [6.07, 6.45) is 0. The van der Waals surface area contributed by atoms with Crippen molar-refractivity contribution in [3.05, 3.63) is 17.9 Å². The second-order valence-electron chi connectivity index (χ2n) is 4.46. The molecular formula is C11H19N3O3S. The van der Waals surface area contributed by atoms with Crippen molar-refractivity contribution in [1.29, 1.82) is 0 Å². The topological polar surface area (TPSA) is 65.8 Å². The first-order valence-electron chi connectivity index (χ1n) is 5.96. The van der Waals surface area contributed by atoms with Crippen molar-refractivity contribution in [2.75, 3.05) is 40.3 Å². The van der Waals surface area contributed by atoms with Gasteiger partial charge in [0.1, 0.15) is 5.76 Å². The number of nitrogens with one attached hydrogen (secondary N) is 1. The van der Waals surface area contributed by atoms with Gasteiger partial charge in [0.15, 0.2) is 0 Å². The van der Waals surface area contributed by atoms with Crippen LogP contribution in [0.15, 0.2) is 21.6 Å². The Bertz CT molecular complexity index is 489. The fourth-order valence-electron chi connectivity index (χ4n) is 1.92. The third-order valence-electron chi connectivity index (χ3n) is 3.04. The maximum atomic E-state index is 12.3. The van der Waals surface area contributed by atoms with Gasteiger partial charge in [-0.15, -0.1) is 0 Å². The van der Waals surface area contributed by atoms with Crippen LogP contribution in [0.2, 0.25) is 0 Å². The highest BCUT2D eigenvalue weighted by Gasteiger charge is 2.29. The molecule has 0 unspecified atom stereocenters. The van der Waals surface area contributed by atoms with Gasteiger partial charge in [-0.05, 0) is 26.2 Å². The van der Waals surface area contributed by atoms with Gasteiger partial charge in [0.2, 0.25) is 5.09 Å². The first kappa shape index (κ1) is 13.5. The third-order valence-corrected chi connectivity index (χ3v) is 4.82. The van der Waals surface area contributed by atoms with Crippen molar-refractivity contribution < 1.29 is 12.8 Å². The zero-order valence-electron chi connectivity index (χ0n) is 10.7. The highest BCUT2D eigenvalue weighted by molar-refractivity contribution is 7.89. The largest absolute Gasteiger partial charge is 0.447 e. The molecule has 1 fully saturated rings. The molecule has 0 atom stereocenters. The quantitative estimate of drug-likeness (QED) is 0.832. The maximum Gasteiger partial charge on any atom is 0.276 e. The molecule has 1 N–H and O–H groups in total. The molecule has 0 amide bonds. The van der Waals surface area contributed by atoms with Gasteiger partial charge in [-0.2, -0.15) is 4.31 Å². The van der Waals surface area contributed by atoms with Crippen LogP contribution in [0.1, 0.15) is 5.76 Å². The molecule has 2 heterocycles. The van der Waals surface area contributed by atoms with E-state index in [0.717, 1.165) is 13.1 Å². The SMILES string of the molecule is CNCc1ccc(S(=O)(=O)N2CCN(C)CC2)o1. The summed E-state index contributed by atoms with van der Waals surface area (Å²) in [7, 11) is 0.306. The summed E-state index contributed by atoms with van der Waals surface area (Å²) in [5.41, 5.74) is 0. The number of hydrogen-bond donors (Lipinski definition) is 1. The van der Waals surface area contributed by atoms with Gasteiger partial charge in [0, 0.05) is 26.2 Å². The average molecular weight is 273 g/mol. The van der Waals surface area contributed by atoms with Gasteiger partial charge >= 0.3 is 0 Å². The second-order valence-corrected chi connectivity index (χ2v) is 6.33. The smallest absolute Gasteiger partial charge is 0.276 e. The molecular weight excluding hydrogens is 254 g/mol. The molecule has 1 aliphatic heterocycles. The van der Waals surface area contributed by atoms with Crippen molar-refractivity contribution in [1.82, 2.24) is 14.5 Å². The summed E-state index contributed by atoms with van der Waals surface area (Å²) in [6.45, 7) is 3.06. The second kappa shape index (κ2) is 5.40. The molecule has 18 heavy (non-hydrogen) atoms. The Morgan fingerprint density at radius 1 is 1.28 bits per heavy atom. The summed E-state index contributed by atoms with van der Waals surface area (Å²) < 4.78 is 31.5. The van der Waals surface area contributed by atoms with Crippen molar-refractivity contribution in [2.24, 2.45) is 0 Å². The maximum absolute atomic E-state index is 12.3. The lowest BCUT2D eigenvalue weighted by atomic mass is 10.4.